The van der Waals surface area contributed by atoms with E-state index in [1.807, 2.05) is 24.3 Å². The van der Waals surface area contributed by atoms with Crippen LogP contribution < -0.4 is 4.74 Å². The number of methoxy groups -OCH3 is 1. The van der Waals surface area contributed by atoms with Gasteiger partial charge in [0, 0.05) is 23.4 Å². The molecule has 0 amide bonds. The van der Waals surface area contributed by atoms with Gasteiger partial charge in [0.05, 0.1) is 5.92 Å². The summed E-state index contributed by atoms with van der Waals surface area (Å²) in [6, 6.07) is 7.90. The topological polar surface area (TPSA) is 35.5 Å². The predicted octanol–water partition coefficient (Wildman–Crippen LogP) is 4.15. The molecule has 3 rings (SSSR count). The first-order valence-corrected chi connectivity index (χ1v) is 8.92. The van der Waals surface area contributed by atoms with Crippen LogP contribution in [-0.2, 0) is 9.53 Å². The van der Waals surface area contributed by atoms with Crippen LogP contribution in [0.1, 0.15) is 38.2 Å². The van der Waals surface area contributed by atoms with Crippen LogP contribution in [0.15, 0.2) is 24.3 Å². The van der Waals surface area contributed by atoms with E-state index < -0.39 is 0 Å². The summed E-state index contributed by atoms with van der Waals surface area (Å²) in [7, 11) is 1.61. The summed E-state index contributed by atoms with van der Waals surface area (Å²) >= 11 is 3.67. The van der Waals surface area contributed by atoms with Gasteiger partial charge in [-0.2, -0.15) is 0 Å². The van der Waals surface area contributed by atoms with E-state index in [4.69, 9.17) is 9.47 Å². The number of benzene rings is 1. The maximum absolute atomic E-state index is 13.2. The largest absolute Gasteiger partial charge is 0.467 e. The monoisotopic (exact) mass is 366 g/mol. The minimum atomic E-state index is -0.236. The summed E-state index contributed by atoms with van der Waals surface area (Å²) in [4.78, 5) is 13.2. The van der Waals surface area contributed by atoms with E-state index in [-0.39, 0.29) is 23.5 Å². The molecule has 2 saturated carbocycles. The van der Waals surface area contributed by atoms with E-state index >= 15 is 0 Å². The van der Waals surface area contributed by atoms with Crippen molar-refractivity contribution in [3.8, 4) is 5.75 Å². The fourth-order valence-corrected chi connectivity index (χ4v) is 5.55. The highest BCUT2D eigenvalue weighted by molar-refractivity contribution is 9.09. The average molecular weight is 367 g/mol. The summed E-state index contributed by atoms with van der Waals surface area (Å²) in [5.74, 6) is 1.46. The highest BCUT2D eigenvalue weighted by atomic mass is 79.9. The molecule has 2 aliphatic rings. The number of para-hydroxylation sites is 1. The molecule has 0 radical (unpaired) electrons. The number of ketones is 1. The molecule has 2 aliphatic carbocycles. The van der Waals surface area contributed by atoms with Crippen LogP contribution in [0.25, 0.3) is 0 Å². The van der Waals surface area contributed by atoms with Crippen molar-refractivity contribution in [2.45, 2.75) is 32.6 Å². The Morgan fingerprint density at radius 1 is 1.32 bits per heavy atom. The Labute approximate surface area is 140 Å². The van der Waals surface area contributed by atoms with Gasteiger partial charge >= 0.3 is 0 Å². The molecule has 1 aromatic rings. The number of carbonyl (C=O) groups excluding carboxylic acids is 1. The Hall–Kier alpha value is -0.870. The zero-order valence-electron chi connectivity index (χ0n) is 13.4. The van der Waals surface area contributed by atoms with Crippen LogP contribution in [0, 0.1) is 16.7 Å². The Morgan fingerprint density at radius 2 is 2.05 bits per heavy atom. The molecule has 4 heteroatoms. The van der Waals surface area contributed by atoms with Crippen molar-refractivity contribution < 1.29 is 14.3 Å². The van der Waals surface area contributed by atoms with E-state index in [0.29, 0.717) is 11.7 Å². The number of rotatable bonds is 5. The lowest BCUT2D eigenvalue weighted by atomic mass is 9.70. The fraction of sp³-hybridized carbons (Fsp3) is 0.611. The molecule has 0 spiro atoms. The third-order valence-corrected chi connectivity index (χ3v) is 7.29. The number of carbonyl (C=O) groups is 1. The predicted molar refractivity (Wildman–Crippen MR) is 89.4 cm³/mol. The lowest BCUT2D eigenvalue weighted by molar-refractivity contribution is -0.129. The lowest BCUT2D eigenvalue weighted by Gasteiger charge is -2.34. The normalized spacial score (nSPS) is 36.8. The maximum Gasteiger partial charge on any atom is 0.188 e. The van der Waals surface area contributed by atoms with E-state index in [1.54, 1.807) is 7.11 Å². The molecule has 0 N–H and O–H groups in total. The SMILES string of the molecule is COCOc1ccccc1[C@@H]1C(=O)[C@]2(C)CC[C@H]1[C@@]2(C)CBr. The Morgan fingerprint density at radius 3 is 2.68 bits per heavy atom. The maximum atomic E-state index is 13.2. The van der Waals surface area contributed by atoms with Crippen molar-refractivity contribution in [2.75, 3.05) is 19.2 Å². The van der Waals surface area contributed by atoms with Gasteiger partial charge in [0.25, 0.3) is 0 Å². The smallest absolute Gasteiger partial charge is 0.188 e. The first kappa shape index (κ1) is 16.0. The van der Waals surface area contributed by atoms with Crippen LogP contribution in [0.2, 0.25) is 0 Å². The average Bonchev–Trinajstić information content (AvgIpc) is 2.88. The zero-order chi connectivity index (χ0) is 16.0. The second-order valence-electron chi connectivity index (χ2n) is 6.96. The third kappa shape index (κ3) is 2.00. The number of hydrogen-bond donors (Lipinski definition) is 0. The van der Waals surface area contributed by atoms with Crippen molar-refractivity contribution in [1.82, 2.24) is 0 Å². The zero-order valence-corrected chi connectivity index (χ0v) is 15.0. The summed E-state index contributed by atoms with van der Waals surface area (Å²) in [6.45, 7) is 4.61. The van der Waals surface area contributed by atoms with Gasteiger partial charge in [0.1, 0.15) is 11.5 Å². The molecular weight excluding hydrogens is 344 g/mol. The van der Waals surface area contributed by atoms with Crippen molar-refractivity contribution in [3.63, 3.8) is 0 Å². The Balaban J connectivity index is 2.02. The highest BCUT2D eigenvalue weighted by Crippen LogP contribution is 2.69. The molecule has 0 heterocycles. The van der Waals surface area contributed by atoms with E-state index in [2.05, 4.69) is 29.8 Å². The minimum Gasteiger partial charge on any atom is -0.467 e. The molecule has 0 aromatic heterocycles. The molecule has 22 heavy (non-hydrogen) atoms. The standard InChI is InChI=1S/C18H23BrO3/c1-17-9-8-13(18(17,2)10-19)15(16(17)20)12-6-4-5-7-14(12)22-11-21-3/h4-7,13,15H,8-11H2,1-3H3/t13-,15+,17+,18-/m1/s1. The van der Waals surface area contributed by atoms with Crippen molar-refractivity contribution >= 4 is 21.7 Å². The highest BCUT2D eigenvalue weighted by Gasteiger charge is 2.68. The molecule has 4 atom stereocenters. The number of halogens is 1. The van der Waals surface area contributed by atoms with Gasteiger partial charge in [-0.25, -0.2) is 0 Å². The van der Waals surface area contributed by atoms with Crippen LogP contribution in [0.5, 0.6) is 5.75 Å². The molecule has 2 fully saturated rings. The number of fused-ring (bicyclic) bond motifs is 2. The number of Topliss-reactive ketones (excluding diaryl/α,β-unsaturated/α-hetero) is 1. The molecule has 3 nitrogen and oxygen atoms in total. The molecular formula is C18H23BrO3. The quantitative estimate of drug-likeness (QED) is 0.579. The second kappa shape index (κ2) is 5.64. The molecule has 0 aliphatic heterocycles. The molecule has 1 aromatic carbocycles. The van der Waals surface area contributed by atoms with Gasteiger partial charge in [-0.05, 0) is 30.2 Å². The van der Waals surface area contributed by atoms with Crippen molar-refractivity contribution in [3.05, 3.63) is 29.8 Å². The number of hydrogen-bond acceptors (Lipinski definition) is 3. The van der Waals surface area contributed by atoms with E-state index in [9.17, 15) is 4.79 Å². The molecule has 0 unspecified atom stereocenters. The van der Waals surface area contributed by atoms with Crippen LogP contribution in [0.3, 0.4) is 0 Å². The van der Waals surface area contributed by atoms with E-state index in [1.165, 1.54) is 0 Å². The van der Waals surface area contributed by atoms with Crippen molar-refractivity contribution in [1.29, 1.82) is 0 Å². The Bertz CT molecular complexity index is 587. The first-order valence-electron chi connectivity index (χ1n) is 7.80. The summed E-state index contributed by atoms with van der Waals surface area (Å²) in [5.41, 5.74) is 0.800. The van der Waals surface area contributed by atoms with Crippen molar-refractivity contribution in [2.24, 2.45) is 16.7 Å². The van der Waals surface area contributed by atoms with Gasteiger partial charge < -0.3 is 9.47 Å². The summed E-state index contributed by atoms with van der Waals surface area (Å²) < 4.78 is 10.7. The fourth-order valence-electron chi connectivity index (χ4n) is 4.52. The number of ether oxygens (including phenoxy) is 2. The van der Waals surface area contributed by atoms with Gasteiger partial charge in [0.15, 0.2) is 6.79 Å². The second-order valence-corrected chi connectivity index (χ2v) is 7.52. The number of alkyl halides is 1. The first-order chi connectivity index (χ1) is 10.5. The molecule has 120 valence electrons. The van der Waals surface area contributed by atoms with Crippen LogP contribution >= 0.6 is 15.9 Å². The van der Waals surface area contributed by atoms with Gasteiger partial charge in [-0.15, -0.1) is 0 Å². The summed E-state index contributed by atoms with van der Waals surface area (Å²) in [5, 5.41) is 0.866. The van der Waals surface area contributed by atoms with Crippen LogP contribution in [0.4, 0.5) is 0 Å². The van der Waals surface area contributed by atoms with Gasteiger partial charge in [0.2, 0.25) is 0 Å². The van der Waals surface area contributed by atoms with Gasteiger partial charge in [-0.1, -0.05) is 48.0 Å². The molecule has 0 saturated heterocycles. The van der Waals surface area contributed by atoms with Crippen LogP contribution in [-0.4, -0.2) is 25.0 Å². The lowest BCUT2D eigenvalue weighted by Crippen LogP contribution is -2.36. The molecule has 2 bridgehead atoms. The Kier molecular flexibility index (Phi) is 4.11. The minimum absolute atomic E-state index is 0.0170. The third-order valence-electron chi connectivity index (χ3n) is 6.13. The van der Waals surface area contributed by atoms with Gasteiger partial charge in [-0.3, -0.25) is 4.79 Å². The van der Waals surface area contributed by atoms with E-state index in [0.717, 1.165) is 29.5 Å². The summed E-state index contributed by atoms with van der Waals surface area (Å²) in [6.07, 6.45) is 2.10.